The quantitative estimate of drug-likeness (QED) is 0.455. The van der Waals surface area contributed by atoms with E-state index in [1.165, 1.54) is 22.8 Å². The molecule has 0 aliphatic rings. The molecule has 0 aliphatic carbocycles. The molecule has 9 nitrogen and oxygen atoms in total. The van der Waals surface area contributed by atoms with Crippen LogP contribution in [0.3, 0.4) is 0 Å². The van der Waals surface area contributed by atoms with Gasteiger partial charge in [-0.3, -0.25) is 0 Å². The summed E-state index contributed by atoms with van der Waals surface area (Å²) in [5, 5.41) is 38.5. The molecule has 130 valence electrons. The number of rotatable bonds is 6. The summed E-state index contributed by atoms with van der Waals surface area (Å²) in [5.74, 6) is 0.353. The number of nitrogens with one attached hydrogen (secondary N) is 2. The maximum Gasteiger partial charge on any atom is 0.178 e. The largest absolute Gasteiger partial charge is 0.507 e. The lowest BCUT2D eigenvalue weighted by Crippen LogP contribution is -2.10. The Kier molecular flexibility index (Phi) is 4.83. The summed E-state index contributed by atoms with van der Waals surface area (Å²) < 4.78 is 6.47. The number of aromatic nitrogens is 3. The summed E-state index contributed by atoms with van der Waals surface area (Å²) in [4.78, 5) is 4.23. The highest BCUT2D eigenvalue weighted by Crippen LogP contribution is 2.25. The number of anilines is 3. The summed E-state index contributed by atoms with van der Waals surface area (Å²) in [6.45, 7) is 1.06. The molecule has 0 unspecified atom stereocenters. The zero-order chi connectivity index (χ0) is 18.5. The number of nitrogens with zero attached hydrogens (tertiary/aromatic N) is 5. The normalized spacial score (nSPS) is 10.3. The van der Waals surface area contributed by atoms with Crippen molar-refractivity contribution in [2.45, 2.75) is 0 Å². The molecule has 0 saturated carbocycles. The average Bonchev–Trinajstić information content (AvgIpc) is 3.06. The van der Waals surface area contributed by atoms with Crippen LogP contribution in [0, 0.1) is 22.7 Å². The van der Waals surface area contributed by atoms with Gasteiger partial charge in [0.2, 0.25) is 0 Å². The molecule has 0 spiro atoms. The Balaban J connectivity index is 2.00. The Hall–Kier alpha value is -3.82. The number of aromatic hydroxyl groups is 1. The number of phenols is 1. The zero-order valence-corrected chi connectivity index (χ0v) is 13.9. The number of hydrogen-bond donors (Lipinski definition) is 3. The van der Waals surface area contributed by atoms with Gasteiger partial charge in [0.25, 0.3) is 0 Å². The van der Waals surface area contributed by atoms with Crippen LogP contribution in [0.1, 0.15) is 11.3 Å². The summed E-state index contributed by atoms with van der Waals surface area (Å²) in [6.07, 6.45) is 1.45. The van der Waals surface area contributed by atoms with Crippen molar-refractivity contribution >= 4 is 22.8 Å². The van der Waals surface area contributed by atoms with Crippen LogP contribution < -0.4 is 10.6 Å². The lowest BCUT2D eigenvalue weighted by molar-refractivity contribution is 0.211. The first-order valence-corrected chi connectivity index (χ1v) is 7.68. The molecule has 26 heavy (non-hydrogen) atoms. The van der Waals surface area contributed by atoms with Gasteiger partial charge in [0.1, 0.15) is 17.9 Å². The molecular formula is C17H15N7O2. The van der Waals surface area contributed by atoms with Gasteiger partial charge in [0.15, 0.2) is 17.2 Å². The van der Waals surface area contributed by atoms with Crippen molar-refractivity contribution in [2.75, 3.05) is 30.9 Å². The number of ether oxygens (including phenoxy) is 1. The first-order chi connectivity index (χ1) is 12.7. The lowest BCUT2D eigenvalue weighted by atomic mass is 10.2. The summed E-state index contributed by atoms with van der Waals surface area (Å²) in [5.41, 5.74) is 2.22. The molecule has 0 bridgehead atoms. The van der Waals surface area contributed by atoms with Crippen LogP contribution in [-0.4, -0.2) is 40.0 Å². The SMILES string of the molecule is COCCNc1cc(Nc2ccc(O)c(C#N)c2)nn2c(C#N)cnc12. The molecule has 3 rings (SSSR count). The Morgan fingerprint density at radius 2 is 2.12 bits per heavy atom. The minimum absolute atomic E-state index is 0.0928. The molecular weight excluding hydrogens is 334 g/mol. The van der Waals surface area contributed by atoms with Gasteiger partial charge in [-0.05, 0) is 18.2 Å². The van der Waals surface area contributed by atoms with Crippen molar-refractivity contribution < 1.29 is 9.84 Å². The van der Waals surface area contributed by atoms with Crippen LogP contribution >= 0.6 is 0 Å². The summed E-state index contributed by atoms with van der Waals surface area (Å²) >= 11 is 0. The smallest absolute Gasteiger partial charge is 0.178 e. The van der Waals surface area contributed by atoms with Crippen LogP contribution in [0.4, 0.5) is 17.2 Å². The number of methoxy groups -OCH3 is 1. The van der Waals surface area contributed by atoms with E-state index in [0.29, 0.717) is 41.7 Å². The molecule has 0 atom stereocenters. The topological polar surface area (TPSA) is 131 Å². The lowest BCUT2D eigenvalue weighted by Gasteiger charge is -2.11. The zero-order valence-electron chi connectivity index (χ0n) is 13.9. The van der Waals surface area contributed by atoms with Gasteiger partial charge < -0.3 is 20.5 Å². The van der Waals surface area contributed by atoms with Crippen molar-refractivity contribution in [3.8, 4) is 17.9 Å². The van der Waals surface area contributed by atoms with Gasteiger partial charge >= 0.3 is 0 Å². The standard InChI is InChI=1S/C17H15N7O2/c1-26-5-4-20-14-7-16(23-24-13(9-19)10-21-17(14)24)22-12-2-3-15(25)11(6-12)8-18/h2-3,6-7,10,20,25H,4-5H2,1H3,(H,22,23). The van der Waals surface area contributed by atoms with Gasteiger partial charge in [-0.15, -0.1) is 5.10 Å². The number of phenolic OH excluding ortho intramolecular Hbond substituents is 1. The number of nitriles is 2. The third-order valence-corrected chi connectivity index (χ3v) is 3.59. The maximum absolute atomic E-state index is 9.61. The van der Waals surface area contributed by atoms with E-state index >= 15 is 0 Å². The van der Waals surface area contributed by atoms with Crippen LogP contribution in [0.5, 0.6) is 5.75 Å². The van der Waals surface area contributed by atoms with Gasteiger partial charge in [0.05, 0.1) is 24.1 Å². The van der Waals surface area contributed by atoms with E-state index in [0.717, 1.165) is 0 Å². The van der Waals surface area contributed by atoms with E-state index in [1.54, 1.807) is 19.2 Å². The molecule has 0 amide bonds. The molecule has 2 heterocycles. The van der Waals surface area contributed by atoms with Crippen molar-refractivity contribution in [2.24, 2.45) is 0 Å². The Morgan fingerprint density at radius 1 is 1.27 bits per heavy atom. The van der Waals surface area contributed by atoms with Crippen molar-refractivity contribution in [1.82, 2.24) is 14.6 Å². The van der Waals surface area contributed by atoms with E-state index < -0.39 is 0 Å². The van der Waals surface area contributed by atoms with Gasteiger partial charge in [0, 0.05) is 25.4 Å². The fourth-order valence-electron chi connectivity index (χ4n) is 2.37. The first kappa shape index (κ1) is 17.0. The Bertz CT molecular complexity index is 1030. The molecule has 0 radical (unpaired) electrons. The fourth-order valence-corrected chi connectivity index (χ4v) is 2.37. The second-order valence-corrected chi connectivity index (χ2v) is 5.32. The first-order valence-electron chi connectivity index (χ1n) is 7.68. The third-order valence-electron chi connectivity index (χ3n) is 3.59. The van der Waals surface area contributed by atoms with Gasteiger partial charge in [-0.2, -0.15) is 15.0 Å². The second-order valence-electron chi connectivity index (χ2n) is 5.32. The predicted octanol–water partition coefficient (Wildman–Crippen LogP) is 1.98. The fraction of sp³-hybridized carbons (Fsp3) is 0.176. The number of hydrogen-bond acceptors (Lipinski definition) is 8. The third kappa shape index (κ3) is 3.34. The Labute approximate surface area is 149 Å². The number of imidazole rings is 1. The molecule has 2 aromatic heterocycles. The van der Waals surface area contributed by atoms with E-state index in [1.807, 2.05) is 12.1 Å². The molecule has 1 aromatic carbocycles. The molecule has 0 fully saturated rings. The number of benzene rings is 1. The van der Waals surface area contributed by atoms with E-state index in [-0.39, 0.29) is 11.3 Å². The van der Waals surface area contributed by atoms with Crippen LogP contribution in [0.15, 0.2) is 30.5 Å². The minimum Gasteiger partial charge on any atom is -0.507 e. The van der Waals surface area contributed by atoms with Crippen molar-refractivity contribution in [3.05, 3.63) is 41.7 Å². The highest BCUT2D eigenvalue weighted by atomic mass is 16.5. The van der Waals surface area contributed by atoms with Crippen molar-refractivity contribution in [3.63, 3.8) is 0 Å². The summed E-state index contributed by atoms with van der Waals surface area (Å²) in [7, 11) is 1.61. The summed E-state index contributed by atoms with van der Waals surface area (Å²) in [6, 6.07) is 10.3. The van der Waals surface area contributed by atoms with Crippen LogP contribution in [-0.2, 0) is 4.74 Å². The van der Waals surface area contributed by atoms with Crippen LogP contribution in [0.25, 0.3) is 5.65 Å². The van der Waals surface area contributed by atoms with E-state index in [9.17, 15) is 10.4 Å². The van der Waals surface area contributed by atoms with Gasteiger partial charge in [-0.1, -0.05) is 0 Å². The molecule has 3 aromatic rings. The highest BCUT2D eigenvalue weighted by molar-refractivity contribution is 5.73. The second kappa shape index (κ2) is 7.38. The molecule has 9 heteroatoms. The van der Waals surface area contributed by atoms with Crippen molar-refractivity contribution in [1.29, 1.82) is 10.5 Å². The maximum atomic E-state index is 9.61. The van der Waals surface area contributed by atoms with E-state index in [2.05, 4.69) is 20.7 Å². The Morgan fingerprint density at radius 3 is 2.85 bits per heavy atom. The predicted molar refractivity (Wildman–Crippen MR) is 94.2 cm³/mol. The van der Waals surface area contributed by atoms with Gasteiger partial charge in [-0.25, -0.2) is 4.98 Å². The minimum atomic E-state index is -0.0928. The number of fused-ring (bicyclic) bond motifs is 1. The molecule has 0 saturated heterocycles. The van der Waals surface area contributed by atoms with E-state index in [4.69, 9.17) is 10.00 Å². The molecule has 0 aliphatic heterocycles. The highest BCUT2D eigenvalue weighted by Gasteiger charge is 2.12. The van der Waals surface area contributed by atoms with Crippen LogP contribution in [0.2, 0.25) is 0 Å². The monoisotopic (exact) mass is 349 g/mol. The average molecular weight is 349 g/mol. The molecule has 3 N–H and O–H groups in total.